The maximum atomic E-state index is 12.8. The molecule has 0 spiro atoms. The zero-order valence-corrected chi connectivity index (χ0v) is 30.1. The third kappa shape index (κ3) is 6.66. The van der Waals surface area contributed by atoms with Gasteiger partial charge in [0.2, 0.25) is 0 Å². The van der Waals surface area contributed by atoms with Crippen LogP contribution >= 0.6 is 15.9 Å². The summed E-state index contributed by atoms with van der Waals surface area (Å²) in [5.74, 6) is -0.326. The van der Waals surface area contributed by atoms with E-state index in [0.717, 1.165) is 4.48 Å². The Hall–Kier alpha value is -0.923. The smallest absolute Gasteiger partial charge is 0.306 e. The van der Waals surface area contributed by atoms with Crippen molar-refractivity contribution < 1.29 is 42.4 Å². The minimum absolute atomic E-state index is 0.00101. The minimum Gasteiger partial charge on any atom is -0.469 e. The first kappa shape index (κ1) is 34.9. The maximum Gasteiger partial charge on any atom is 0.306 e. The second-order valence-corrected chi connectivity index (χ2v) is 19.7. The van der Waals surface area contributed by atoms with Crippen LogP contribution in [0.5, 0.6) is 0 Å². The Morgan fingerprint density at radius 3 is 2.14 bits per heavy atom. The predicted molar refractivity (Wildman–Crippen MR) is 168 cm³/mol. The highest BCUT2D eigenvalue weighted by atomic mass is 79.9. The number of carbonyl (C=O) groups is 2. The number of allylic oxidation sites excluding steroid dienone is 3. The number of halogens is 1. The van der Waals surface area contributed by atoms with Crippen molar-refractivity contribution in [2.75, 3.05) is 28.4 Å². The molecule has 0 aromatic rings. The first-order chi connectivity index (χ1) is 20.1. The van der Waals surface area contributed by atoms with Crippen LogP contribution in [0, 0.1) is 29.6 Å². The molecule has 0 aromatic carbocycles. The second kappa shape index (κ2) is 13.4. The normalized spacial score (nSPS) is 39.5. The van der Waals surface area contributed by atoms with Gasteiger partial charge in [0.1, 0.15) is 18.3 Å². The van der Waals surface area contributed by atoms with E-state index in [4.69, 9.17) is 32.8 Å². The van der Waals surface area contributed by atoms with Crippen molar-refractivity contribution in [3.05, 3.63) is 22.2 Å². The van der Waals surface area contributed by atoms with E-state index < -0.39 is 20.7 Å². The molecule has 0 amide bonds. The zero-order chi connectivity index (χ0) is 32.0. The number of Topliss-reactive ketones (excluding diaryl/α,β-unsaturated/α-hetero) is 1. The van der Waals surface area contributed by atoms with E-state index in [0.29, 0.717) is 12.0 Å². The molecule has 0 bridgehead atoms. The Bertz CT molecular complexity index is 1100. The summed E-state index contributed by atoms with van der Waals surface area (Å²) in [5, 5.41) is -0.0125. The van der Waals surface area contributed by atoms with Crippen molar-refractivity contribution in [2.45, 2.75) is 109 Å². The Kier molecular flexibility index (Phi) is 10.9. The molecular formula is C32H51BrO9Si. The Morgan fingerprint density at radius 2 is 1.60 bits per heavy atom. The van der Waals surface area contributed by atoms with E-state index in [9.17, 15) is 9.59 Å². The van der Waals surface area contributed by atoms with Crippen LogP contribution in [-0.2, 0) is 42.4 Å². The average Bonchev–Trinajstić information content (AvgIpc) is 3.46. The van der Waals surface area contributed by atoms with Gasteiger partial charge in [-0.2, -0.15) is 0 Å². The lowest BCUT2D eigenvalue weighted by atomic mass is 9.70. The van der Waals surface area contributed by atoms with Crippen LogP contribution in [0.4, 0.5) is 0 Å². The number of ether oxygens (including phenoxy) is 6. The van der Waals surface area contributed by atoms with Crippen LogP contribution in [0.1, 0.15) is 47.5 Å². The van der Waals surface area contributed by atoms with Gasteiger partial charge in [-0.3, -0.25) is 9.59 Å². The summed E-state index contributed by atoms with van der Waals surface area (Å²) in [6, 6.07) is 0. The van der Waals surface area contributed by atoms with Crippen molar-refractivity contribution in [3.8, 4) is 0 Å². The molecule has 1 heterocycles. The summed E-state index contributed by atoms with van der Waals surface area (Å²) >= 11 is 3.95. The molecule has 12 atom stereocenters. The van der Waals surface area contributed by atoms with E-state index in [1.54, 1.807) is 28.3 Å². The number of carbonyl (C=O) groups excluding carboxylic acids is 2. The molecule has 0 N–H and O–H groups in total. The van der Waals surface area contributed by atoms with Crippen molar-refractivity contribution in [3.63, 3.8) is 0 Å². The van der Waals surface area contributed by atoms with Crippen molar-refractivity contribution in [1.82, 2.24) is 0 Å². The third-order valence-corrected chi connectivity index (χ3v) is 15.9. The fourth-order valence-corrected chi connectivity index (χ4v) is 9.65. The number of ketones is 1. The van der Waals surface area contributed by atoms with E-state index in [1.807, 2.05) is 6.92 Å². The molecule has 43 heavy (non-hydrogen) atoms. The Balaban J connectivity index is 1.72. The van der Waals surface area contributed by atoms with Gasteiger partial charge in [0.25, 0.3) is 0 Å². The quantitative estimate of drug-likeness (QED) is 0.220. The summed E-state index contributed by atoms with van der Waals surface area (Å²) in [5.41, 5.74) is 0.710. The largest absolute Gasteiger partial charge is 0.469 e. The van der Waals surface area contributed by atoms with Gasteiger partial charge in [-0.25, -0.2) is 0 Å². The monoisotopic (exact) mass is 686 g/mol. The lowest BCUT2D eigenvalue weighted by molar-refractivity contribution is -0.318. The van der Waals surface area contributed by atoms with Gasteiger partial charge < -0.3 is 32.8 Å². The molecule has 1 saturated carbocycles. The second-order valence-electron chi connectivity index (χ2n) is 14.0. The third-order valence-electron chi connectivity index (χ3n) is 10.6. The predicted octanol–water partition coefficient (Wildman–Crippen LogP) is 5.42. The number of hydrogen-bond donors (Lipinski definition) is 0. The molecule has 1 aliphatic heterocycles. The molecule has 244 valence electrons. The summed E-state index contributed by atoms with van der Waals surface area (Å²) in [4.78, 5) is 25.2. The standard InChI is InChI=1S/C32H51BrO9Si/c1-16(34)18-12-19-20(21(18)15-25(35)36-6)13-23(33)26-22(19)14-24(28(26)42-43(10,11)32(3,4)5)41-31-30(39-9)29(38-8)27(37-7)17(2)40-31/h12-13,17,19-22,24,26-31H,14-15H2,1-11H3/t17-,19+,20+,21+,22-,24-,26+,27-,28-,29+,30+,31-/m0/s1. The zero-order valence-electron chi connectivity index (χ0n) is 27.5. The van der Waals surface area contributed by atoms with Gasteiger partial charge >= 0.3 is 5.97 Å². The van der Waals surface area contributed by atoms with Crippen molar-refractivity contribution in [2.24, 2.45) is 29.6 Å². The highest BCUT2D eigenvalue weighted by Crippen LogP contribution is 2.58. The summed E-state index contributed by atoms with van der Waals surface area (Å²) in [6.45, 7) is 14.8. The lowest BCUT2D eigenvalue weighted by Crippen LogP contribution is -2.60. The number of rotatable bonds is 10. The lowest BCUT2D eigenvalue weighted by Gasteiger charge is -2.46. The van der Waals surface area contributed by atoms with Gasteiger partial charge in [-0.15, -0.1) is 0 Å². The van der Waals surface area contributed by atoms with Crippen LogP contribution in [0.2, 0.25) is 18.1 Å². The van der Waals surface area contributed by atoms with Crippen molar-refractivity contribution in [1.29, 1.82) is 0 Å². The molecule has 9 nitrogen and oxygen atoms in total. The first-order valence-electron chi connectivity index (χ1n) is 15.3. The van der Waals surface area contributed by atoms with E-state index in [-0.39, 0.29) is 83.3 Å². The average molecular weight is 688 g/mol. The maximum absolute atomic E-state index is 12.8. The highest BCUT2D eigenvalue weighted by Gasteiger charge is 2.58. The topological polar surface area (TPSA) is 98.8 Å². The molecule has 11 heteroatoms. The molecule has 0 unspecified atom stereocenters. The number of hydrogen-bond acceptors (Lipinski definition) is 9. The molecule has 0 aromatic heterocycles. The van der Waals surface area contributed by atoms with E-state index in [1.165, 1.54) is 7.11 Å². The summed E-state index contributed by atoms with van der Waals surface area (Å²) in [7, 11) is 4.08. The SMILES string of the molecule is COC(=O)C[C@@H]1C(C(C)=O)=C[C@@H]2[C@H]1C=C(Br)[C@H]1[C@H]2C[C@H](O[C@@H]2O[C@@H](C)[C@H](OC)[C@@H](OC)[C@H]2OC)[C@@H]1O[Si](C)(C)C(C)(C)C. The number of methoxy groups -OCH3 is 4. The van der Waals surface area contributed by atoms with Gasteiger partial charge in [0.15, 0.2) is 20.4 Å². The Labute approximate surface area is 266 Å². The first-order valence-corrected chi connectivity index (χ1v) is 19.0. The minimum atomic E-state index is -2.24. The number of fused-ring (bicyclic) bond motifs is 3. The molecular weight excluding hydrogens is 636 g/mol. The summed E-state index contributed by atoms with van der Waals surface area (Å²) < 4.78 is 44.0. The van der Waals surface area contributed by atoms with Crippen LogP contribution < -0.4 is 0 Å². The molecule has 1 saturated heterocycles. The molecule has 0 radical (unpaired) electrons. The number of esters is 1. The van der Waals surface area contributed by atoms with E-state index in [2.05, 4.69) is 61.9 Å². The molecule has 4 rings (SSSR count). The fourth-order valence-electron chi connectivity index (χ4n) is 7.41. The summed E-state index contributed by atoms with van der Waals surface area (Å²) in [6.07, 6.45) is 2.49. The van der Waals surface area contributed by atoms with Crippen LogP contribution in [-0.4, -0.2) is 91.4 Å². The fraction of sp³-hybridized carbons (Fsp3) is 0.812. The molecule has 4 aliphatic rings. The molecule has 2 fully saturated rings. The van der Waals surface area contributed by atoms with Crippen molar-refractivity contribution >= 4 is 36.0 Å². The molecule has 3 aliphatic carbocycles. The van der Waals surface area contributed by atoms with Crippen LogP contribution in [0.3, 0.4) is 0 Å². The van der Waals surface area contributed by atoms with E-state index >= 15 is 0 Å². The van der Waals surface area contributed by atoms with Gasteiger partial charge in [-0.1, -0.05) is 48.9 Å². The Morgan fingerprint density at radius 1 is 0.977 bits per heavy atom. The van der Waals surface area contributed by atoms with Crippen LogP contribution in [0.25, 0.3) is 0 Å². The van der Waals surface area contributed by atoms with Gasteiger partial charge in [-0.05, 0) is 66.2 Å². The van der Waals surface area contributed by atoms with Gasteiger partial charge in [0, 0.05) is 33.2 Å². The van der Waals surface area contributed by atoms with Crippen LogP contribution in [0.15, 0.2) is 22.2 Å². The van der Waals surface area contributed by atoms with Gasteiger partial charge in [0.05, 0.1) is 31.8 Å². The highest BCUT2D eigenvalue weighted by molar-refractivity contribution is 9.11.